The smallest absolute Gasteiger partial charge is 0.117 e. The zero-order chi connectivity index (χ0) is 9.68. The molecule has 0 aromatic rings. The Morgan fingerprint density at radius 2 is 2.38 bits per heavy atom. The summed E-state index contributed by atoms with van der Waals surface area (Å²) in [6.45, 7) is 4.15. The van der Waals surface area contributed by atoms with Crippen molar-refractivity contribution in [2.45, 2.75) is 39.2 Å². The maximum Gasteiger partial charge on any atom is 0.117 e. The van der Waals surface area contributed by atoms with Crippen LogP contribution in [0.15, 0.2) is 29.0 Å². The summed E-state index contributed by atoms with van der Waals surface area (Å²) >= 11 is 0. The summed E-state index contributed by atoms with van der Waals surface area (Å²) in [6, 6.07) is -0.0981. The topological polar surface area (TPSA) is 29.4 Å². The summed E-state index contributed by atoms with van der Waals surface area (Å²) < 4.78 is 0. The molecular weight excluding hydrogens is 162 g/mol. The van der Waals surface area contributed by atoms with Crippen molar-refractivity contribution in [3.05, 3.63) is 28.7 Å². The third kappa shape index (κ3) is 2.51. The minimum absolute atomic E-state index is 0.0981. The van der Waals surface area contributed by atoms with E-state index in [1.54, 1.807) is 0 Å². The third-order valence-corrected chi connectivity index (χ3v) is 2.63. The Morgan fingerprint density at radius 1 is 1.62 bits per heavy atom. The highest BCUT2D eigenvalue weighted by molar-refractivity contribution is 5.27. The second kappa shape index (κ2) is 4.95. The van der Waals surface area contributed by atoms with Crippen LogP contribution in [0.2, 0.25) is 0 Å². The minimum atomic E-state index is -0.0981. The van der Waals surface area contributed by atoms with Gasteiger partial charge in [0.05, 0.1) is 0 Å². The molecule has 1 aliphatic rings. The molecule has 0 saturated heterocycles. The van der Waals surface area contributed by atoms with Crippen LogP contribution in [0.5, 0.6) is 0 Å². The molecule has 2 unspecified atom stereocenters. The largest absolute Gasteiger partial charge is 0.150 e. The Kier molecular flexibility index (Phi) is 3.87. The lowest BCUT2D eigenvalue weighted by Gasteiger charge is -2.21. The van der Waals surface area contributed by atoms with Crippen LogP contribution >= 0.6 is 0 Å². The van der Waals surface area contributed by atoms with Crippen LogP contribution in [0.1, 0.15) is 33.1 Å². The lowest BCUT2D eigenvalue weighted by molar-refractivity contribution is 0.487. The molecule has 0 aliphatic heterocycles. The molecule has 13 heavy (non-hydrogen) atoms. The van der Waals surface area contributed by atoms with E-state index in [0.717, 1.165) is 24.8 Å². The van der Waals surface area contributed by atoms with Gasteiger partial charge in [0.25, 0.3) is 0 Å². The zero-order valence-electron chi connectivity index (χ0n) is 8.36. The first-order valence-electron chi connectivity index (χ1n) is 4.98. The van der Waals surface area contributed by atoms with Crippen molar-refractivity contribution in [1.29, 1.82) is 0 Å². The standard InChI is InChI=1S/C11H17NO/c1-3-5-10-8-9(4-2)6-7-11(10)12-13/h3,5,8-9,11H,4,6-7H2,1-2H3. The fourth-order valence-electron chi connectivity index (χ4n) is 1.80. The Balaban J connectivity index is 2.78. The predicted molar refractivity (Wildman–Crippen MR) is 55.5 cm³/mol. The van der Waals surface area contributed by atoms with Crippen LogP contribution in [0.4, 0.5) is 0 Å². The van der Waals surface area contributed by atoms with E-state index < -0.39 is 0 Å². The van der Waals surface area contributed by atoms with Gasteiger partial charge in [0, 0.05) is 0 Å². The first-order chi connectivity index (χ1) is 6.31. The second-order valence-corrected chi connectivity index (χ2v) is 3.53. The molecule has 2 nitrogen and oxygen atoms in total. The van der Waals surface area contributed by atoms with Crippen LogP contribution < -0.4 is 0 Å². The molecule has 2 atom stereocenters. The SMILES string of the molecule is CC=CC1=CC(CC)CCC1N=O. The van der Waals surface area contributed by atoms with Crippen molar-refractivity contribution < 1.29 is 0 Å². The molecule has 72 valence electrons. The molecule has 1 aliphatic carbocycles. The number of rotatable bonds is 3. The van der Waals surface area contributed by atoms with Crippen molar-refractivity contribution >= 4 is 0 Å². The lowest BCUT2D eigenvalue weighted by atomic mass is 9.86. The molecule has 0 N–H and O–H groups in total. The first kappa shape index (κ1) is 10.2. The van der Waals surface area contributed by atoms with Crippen LogP contribution in [0.3, 0.4) is 0 Å². The fourth-order valence-corrected chi connectivity index (χ4v) is 1.80. The van der Waals surface area contributed by atoms with Crippen molar-refractivity contribution in [3.63, 3.8) is 0 Å². The Labute approximate surface area is 79.7 Å². The average molecular weight is 179 g/mol. The molecule has 0 aromatic carbocycles. The first-order valence-corrected chi connectivity index (χ1v) is 4.98. The van der Waals surface area contributed by atoms with Gasteiger partial charge in [-0.3, -0.25) is 0 Å². The molecule has 1 rings (SSSR count). The van der Waals surface area contributed by atoms with Crippen molar-refractivity contribution in [2.75, 3.05) is 0 Å². The Hall–Kier alpha value is -0.920. The van der Waals surface area contributed by atoms with Gasteiger partial charge in [0.15, 0.2) is 0 Å². The quantitative estimate of drug-likeness (QED) is 0.610. The van der Waals surface area contributed by atoms with E-state index in [1.807, 2.05) is 19.1 Å². The maximum atomic E-state index is 10.5. The van der Waals surface area contributed by atoms with Gasteiger partial charge in [-0.1, -0.05) is 30.3 Å². The third-order valence-electron chi connectivity index (χ3n) is 2.63. The predicted octanol–water partition coefficient (Wildman–Crippen LogP) is 3.44. The van der Waals surface area contributed by atoms with E-state index in [-0.39, 0.29) is 6.04 Å². The number of allylic oxidation sites excluding steroid dienone is 2. The summed E-state index contributed by atoms with van der Waals surface area (Å²) in [5.41, 5.74) is 1.11. The van der Waals surface area contributed by atoms with E-state index in [0.29, 0.717) is 5.92 Å². The molecular formula is C11H17NO. The van der Waals surface area contributed by atoms with E-state index in [2.05, 4.69) is 18.2 Å². The van der Waals surface area contributed by atoms with Gasteiger partial charge in [0.1, 0.15) is 6.04 Å². The van der Waals surface area contributed by atoms with E-state index >= 15 is 0 Å². The van der Waals surface area contributed by atoms with Gasteiger partial charge in [0.2, 0.25) is 0 Å². The van der Waals surface area contributed by atoms with Crippen LogP contribution in [-0.2, 0) is 0 Å². The van der Waals surface area contributed by atoms with Crippen LogP contribution in [0, 0.1) is 10.8 Å². The van der Waals surface area contributed by atoms with Gasteiger partial charge < -0.3 is 0 Å². The van der Waals surface area contributed by atoms with Gasteiger partial charge in [-0.15, -0.1) is 0 Å². The van der Waals surface area contributed by atoms with E-state index in [9.17, 15) is 4.91 Å². The molecule has 0 aromatic heterocycles. The van der Waals surface area contributed by atoms with Crippen molar-refractivity contribution in [3.8, 4) is 0 Å². The molecule has 2 heteroatoms. The zero-order valence-corrected chi connectivity index (χ0v) is 8.36. The van der Waals surface area contributed by atoms with E-state index in [1.165, 1.54) is 0 Å². The second-order valence-electron chi connectivity index (χ2n) is 3.53. The molecule has 0 bridgehead atoms. The van der Waals surface area contributed by atoms with Crippen LogP contribution in [-0.4, -0.2) is 6.04 Å². The highest BCUT2D eigenvalue weighted by atomic mass is 16.3. The average Bonchev–Trinajstić information content (AvgIpc) is 2.18. The van der Waals surface area contributed by atoms with Crippen LogP contribution in [0.25, 0.3) is 0 Å². The lowest BCUT2D eigenvalue weighted by Crippen LogP contribution is -2.15. The van der Waals surface area contributed by atoms with Gasteiger partial charge in [-0.05, 0) is 37.7 Å². The summed E-state index contributed by atoms with van der Waals surface area (Å²) in [5.74, 6) is 0.643. The Morgan fingerprint density at radius 3 is 2.92 bits per heavy atom. The number of nitrogens with zero attached hydrogens (tertiary/aromatic N) is 1. The summed E-state index contributed by atoms with van der Waals surface area (Å²) in [4.78, 5) is 10.5. The molecule has 0 saturated carbocycles. The summed E-state index contributed by atoms with van der Waals surface area (Å²) in [7, 11) is 0. The molecule has 0 radical (unpaired) electrons. The number of hydrogen-bond acceptors (Lipinski definition) is 2. The highest BCUT2D eigenvalue weighted by Gasteiger charge is 2.20. The van der Waals surface area contributed by atoms with Gasteiger partial charge in [-0.25, -0.2) is 0 Å². The minimum Gasteiger partial charge on any atom is -0.150 e. The molecule has 0 spiro atoms. The van der Waals surface area contributed by atoms with Gasteiger partial charge in [-0.2, -0.15) is 4.91 Å². The van der Waals surface area contributed by atoms with Crippen molar-refractivity contribution in [2.24, 2.45) is 11.1 Å². The summed E-state index contributed by atoms with van der Waals surface area (Å²) in [6.07, 6.45) is 9.37. The summed E-state index contributed by atoms with van der Waals surface area (Å²) in [5, 5.41) is 3.15. The number of nitroso groups, excluding NO2 is 1. The monoisotopic (exact) mass is 179 g/mol. The van der Waals surface area contributed by atoms with Crippen molar-refractivity contribution in [1.82, 2.24) is 0 Å². The van der Waals surface area contributed by atoms with E-state index in [4.69, 9.17) is 0 Å². The van der Waals surface area contributed by atoms with Gasteiger partial charge >= 0.3 is 0 Å². The maximum absolute atomic E-state index is 10.5. The normalized spacial score (nSPS) is 28.9. The fraction of sp³-hybridized carbons (Fsp3) is 0.636. The molecule has 0 fully saturated rings. The Bertz CT molecular complexity index is 230. The molecule has 0 heterocycles. The number of hydrogen-bond donors (Lipinski definition) is 0. The highest BCUT2D eigenvalue weighted by Crippen LogP contribution is 2.28. The molecule has 0 amide bonds.